The number of hydrogen-bond acceptors (Lipinski definition) is 4. The molecule has 1 aromatic heterocycles. The van der Waals surface area contributed by atoms with E-state index in [0.29, 0.717) is 17.6 Å². The maximum atomic E-state index is 13.1. The van der Waals surface area contributed by atoms with Gasteiger partial charge in [-0.05, 0) is 66.6 Å². The lowest BCUT2D eigenvalue weighted by Gasteiger charge is -2.35. The van der Waals surface area contributed by atoms with Gasteiger partial charge in [0.15, 0.2) is 0 Å². The summed E-state index contributed by atoms with van der Waals surface area (Å²) in [6.07, 6.45) is 4.59. The third kappa shape index (κ3) is 3.98. The van der Waals surface area contributed by atoms with Crippen molar-refractivity contribution in [1.82, 2.24) is 14.7 Å². The predicted molar refractivity (Wildman–Crippen MR) is 112 cm³/mol. The van der Waals surface area contributed by atoms with Gasteiger partial charge in [0.05, 0.1) is 11.8 Å². The number of aliphatic hydroxyl groups excluding tert-OH is 1. The van der Waals surface area contributed by atoms with Crippen molar-refractivity contribution in [2.75, 3.05) is 13.1 Å². The van der Waals surface area contributed by atoms with Crippen LogP contribution in [0.5, 0.6) is 5.75 Å². The summed E-state index contributed by atoms with van der Waals surface area (Å²) >= 11 is 0. The highest BCUT2D eigenvalue weighted by atomic mass is 19.1. The van der Waals surface area contributed by atoms with E-state index in [9.17, 15) is 9.50 Å². The van der Waals surface area contributed by atoms with Crippen LogP contribution in [0.1, 0.15) is 18.4 Å². The Bertz CT molecular complexity index is 976. The molecular weight excluding hydrogens is 381 g/mol. The first-order valence-corrected chi connectivity index (χ1v) is 10.6. The van der Waals surface area contributed by atoms with Gasteiger partial charge in [-0.25, -0.2) is 9.07 Å². The molecule has 1 N–H and O–H groups in total. The van der Waals surface area contributed by atoms with Crippen LogP contribution in [0.25, 0.3) is 5.69 Å². The molecular formula is C24H26FN3O2. The second-order valence-electron chi connectivity index (χ2n) is 8.44. The molecule has 0 radical (unpaired) electrons. The van der Waals surface area contributed by atoms with Gasteiger partial charge in [0.1, 0.15) is 17.7 Å². The van der Waals surface area contributed by atoms with E-state index in [-0.39, 0.29) is 11.9 Å². The smallest absolute Gasteiger partial charge is 0.125 e. The molecule has 1 saturated carbocycles. The van der Waals surface area contributed by atoms with Crippen molar-refractivity contribution >= 4 is 0 Å². The van der Waals surface area contributed by atoms with Gasteiger partial charge in [-0.2, -0.15) is 5.10 Å². The Labute approximate surface area is 175 Å². The zero-order chi connectivity index (χ0) is 20.5. The van der Waals surface area contributed by atoms with Gasteiger partial charge in [0.2, 0.25) is 0 Å². The Kier molecular flexibility index (Phi) is 5.27. The molecule has 5 rings (SSSR count). The highest BCUT2D eigenvalue weighted by Gasteiger charge is 2.42. The average Bonchev–Trinajstić information content (AvgIpc) is 3.40. The van der Waals surface area contributed by atoms with Crippen LogP contribution >= 0.6 is 0 Å². The Morgan fingerprint density at radius 2 is 1.77 bits per heavy atom. The van der Waals surface area contributed by atoms with Crippen molar-refractivity contribution in [2.24, 2.45) is 11.8 Å². The van der Waals surface area contributed by atoms with Crippen molar-refractivity contribution < 1.29 is 14.2 Å². The standard InChI is InChI=1S/C24H26FN3O2/c25-20-6-8-21(9-7-20)30-24-13-19-16-27(15-18(19)12-23(24)29)14-17-4-1-2-5-22(17)28-11-3-10-26-28/h1-11,18-19,23-24,29H,12-16H2/t18-,19+,23+,24+/m0/s1. The lowest BCUT2D eigenvalue weighted by Crippen LogP contribution is -2.42. The number of rotatable bonds is 5. The van der Waals surface area contributed by atoms with Crippen molar-refractivity contribution in [3.63, 3.8) is 0 Å². The minimum Gasteiger partial charge on any atom is -0.488 e. The third-order valence-corrected chi connectivity index (χ3v) is 6.40. The van der Waals surface area contributed by atoms with Crippen LogP contribution in [0.4, 0.5) is 4.39 Å². The Hall–Kier alpha value is -2.70. The van der Waals surface area contributed by atoms with Gasteiger partial charge in [0.25, 0.3) is 0 Å². The van der Waals surface area contributed by atoms with Crippen molar-refractivity contribution in [3.8, 4) is 11.4 Å². The van der Waals surface area contributed by atoms with Gasteiger partial charge >= 0.3 is 0 Å². The molecule has 6 heteroatoms. The van der Waals surface area contributed by atoms with Gasteiger partial charge in [-0.15, -0.1) is 0 Å². The molecule has 0 spiro atoms. The van der Waals surface area contributed by atoms with Crippen molar-refractivity contribution in [2.45, 2.75) is 31.6 Å². The molecule has 0 unspecified atom stereocenters. The van der Waals surface area contributed by atoms with Gasteiger partial charge in [-0.1, -0.05) is 18.2 Å². The minimum absolute atomic E-state index is 0.243. The number of aliphatic hydroxyl groups is 1. The number of hydrogen-bond donors (Lipinski definition) is 1. The lowest BCUT2D eigenvalue weighted by molar-refractivity contribution is -0.0231. The second-order valence-corrected chi connectivity index (χ2v) is 8.44. The molecule has 0 amide bonds. The highest BCUT2D eigenvalue weighted by Crippen LogP contribution is 2.38. The van der Waals surface area contributed by atoms with Crippen LogP contribution in [0.15, 0.2) is 67.0 Å². The fourth-order valence-corrected chi connectivity index (χ4v) is 4.95. The van der Waals surface area contributed by atoms with E-state index in [2.05, 4.69) is 28.2 Å². The Morgan fingerprint density at radius 3 is 2.53 bits per heavy atom. The minimum atomic E-state index is -0.493. The second kappa shape index (κ2) is 8.20. The largest absolute Gasteiger partial charge is 0.488 e. The van der Waals surface area contributed by atoms with Crippen LogP contribution in [0.3, 0.4) is 0 Å². The van der Waals surface area contributed by atoms with Gasteiger partial charge < -0.3 is 9.84 Å². The quantitative estimate of drug-likeness (QED) is 0.701. The highest BCUT2D eigenvalue weighted by molar-refractivity contribution is 5.40. The SMILES string of the molecule is O[C@@H]1C[C@H]2CN(Cc3ccccc3-n3cccn3)C[C@H]2C[C@H]1Oc1ccc(F)cc1. The molecule has 3 aromatic rings. The summed E-state index contributed by atoms with van der Waals surface area (Å²) in [6.45, 7) is 2.84. The van der Waals surface area contributed by atoms with E-state index in [1.807, 2.05) is 23.0 Å². The number of likely N-dealkylation sites (tertiary alicyclic amines) is 1. The van der Waals surface area contributed by atoms with Crippen molar-refractivity contribution in [3.05, 3.63) is 78.4 Å². The summed E-state index contributed by atoms with van der Waals surface area (Å²) in [6, 6.07) is 16.3. The molecule has 2 aliphatic rings. The van der Waals surface area contributed by atoms with E-state index >= 15 is 0 Å². The van der Waals surface area contributed by atoms with Crippen LogP contribution in [0, 0.1) is 17.7 Å². The number of para-hydroxylation sites is 1. The van der Waals surface area contributed by atoms with E-state index in [1.54, 1.807) is 18.3 Å². The molecule has 5 nitrogen and oxygen atoms in total. The molecule has 2 fully saturated rings. The monoisotopic (exact) mass is 407 g/mol. The molecule has 1 aliphatic heterocycles. The lowest BCUT2D eigenvalue weighted by atomic mass is 9.78. The molecule has 0 bridgehead atoms. The first kappa shape index (κ1) is 19.3. The number of ether oxygens (including phenoxy) is 1. The number of nitrogens with zero attached hydrogens (tertiary/aromatic N) is 3. The first-order chi connectivity index (χ1) is 14.7. The zero-order valence-corrected chi connectivity index (χ0v) is 16.8. The Morgan fingerprint density at radius 1 is 1.00 bits per heavy atom. The van der Waals surface area contributed by atoms with Gasteiger partial charge in [0, 0.05) is 32.0 Å². The summed E-state index contributed by atoms with van der Waals surface area (Å²) < 4.78 is 21.1. The normalized spacial score (nSPS) is 26.5. The first-order valence-electron chi connectivity index (χ1n) is 10.6. The van der Waals surface area contributed by atoms with Crippen LogP contribution in [0.2, 0.25) is 0 Å². The molecule has 156 valence electrons. The van der Waals surface area contributed by atoms with Gasteiger partial charge in [-0.3, -0.25) is 4.90 Å². The summed E-state index contributed by atoms with van der Waals surface area (Å²) in [7, 11) is 0. The zero-order valence-electron chi connectivity index (χ0n) is 16.8. The maximum Gasteiger partial charge on any atom is 0.125 e. The predicted octanol–water partition coefficient (Wildman–Crippen LogP) is 3.66. The molecule has 4 atom stereocenters. The van der Waals surface area contributed by atoms with Crippen LogP contribution in [-0.2, 0) is 6.54 Å². The summed E-state index contributed by atoms with van der Waals surface area (Å²) in [5.74, 6) is 1.30. The van der Waals surface area contributed by atoms with E-state index in [4.69, 9.17) is 4.74 Å². The molecule has 30 heavy (non-hydrogen) atoms. The number of aromatic nitrogens is 2. The molecule has 2 heterocycles. The van der Waals surface area contributed by atoms with E-state index < -0.39 is 6.10 Å². The molecule has 1 saturated heterocycles. The van der Waals surface area contributed by atoms with Crippen molar-refractivity contribution in [1.29, 1.82) is 0 Å². The number of benzene rings is 2. The molecule has 2 aromatic carbocycles. The summed E-state index contributed by atoms with van der Waals surface area (Å²) in [4.78, 5) is 2.48. The number of halogens is 1. The fraction of sp³-hybridized carbons (Fsp3) is 0.375. The summed E-state index contributed by atoms with van der Waals surface area (Å²) in [5, 5.41) is 15.0. The maximum absolute atomic E-state index is 13.1. The average molecular weight is 407 g/mol. The van der Waals surface area contributed by atoms with E-state index in [1.165, 1.54) is 17.7 Å². The molecule has 1 aliphatic carbocycles. The van der Waals surface area contributed by atoms with E-state index in [0.717, 1.165) is 38.2 Å². The Balaban J connectivity index is 1.25. The summed E-state index contributed by atoms with van der Waals surface area (Å²) in [5.41, 5.74) is 2.36. The topological polar surface area (TPSA) is 50.5 Å². The van der Waals surface area contributed by atoms with Crippen LogP contribution in [-0.4, -0.2) is 45.1 Å². The number of fused-ring (bicyclic) bond motifs is 1. The van der Waals surface area contributed by atoms with Crippen LogP contribution < -0.4 is 4.74 Å². The fourth-order valence-electron chi connectivity index (χ4n) is 4.95. The third-order valence-electron chi connectivity index (χ3n) is 6.40.